The number of aryl methyl sites for hydroxylation is 2. The van der Waals surface area contributed by atoms with E-state index in [-0.39, 0.29) is 11.5 Å². The lowest BCUT2D eigenvalue weighted by molar-refractivity contribution is -0.162. The van der Waals surface area contributed by atoms with Crippen molar-refractivity contribution in [2.75, 3.05) is 32.1 Å². The minimum absolute atomic E-state index is 0.111. The Labute approximate surface area is 311 Å². The number of aliphatic hydroxyl groups is 5. The minimum Gasteiger partial charge on any atom is -0.490 e. The maximum absolute atomic E-state index is 13.3. The van der Waals surface area contributed by atoms with E-state index in [1.165, 1.54) is 27.1 Å². The van der Waals surface area contributed by atoms with Crippen LogP contribution >= 0.6 is 11.8 Å². The molecule has 282 valence electrons. The lowest BCUT2D eigenvalue weighted by Crippen LogP contribution is -2.55. The van der Waals surface area contributed by atoms with Crippen LogP contribution in [0, 0.1) is 6.92 Å². The molecule has 2 heterocycles. The summed E-state index contributed by atoms with van der Waals surface area (Å²) >= 11 is 1.80. The van der Waals surface area contributed by atoms with Gasteiger partial charge in [0.1, 0.15) is 24.1 Å². The highest BCUT2D eigenvalue weighted by Gasteiger charge is 2.45. The van der Waals surface area contributed by atoms with Crippen LogP contribution in [0.2, 0.25) is 0 Å². The van der Waals surface area contributed by atoms with Gasteiger partial charge in [0, 0.05) is 48.7 Å². The van der Waals surface area contributed by atoms with E-state index in [4.69, 9.17) is 14.6 Å². The lowest BCUT2D eigenvalue weighted by Gasteiger charge is -2.37. The van der Waals surface area contributed by atoms with Gasteiger partial charge in [0.2, 0.25) is 0 Å². The molecule has 2 aliphatic carbocycles. The maximum Gasteiger partial charge on any atom is 0.254 e. The first-order valence-corrected chi connectivity index (χ1v) is 19.8. The van der Waals surface area contributed by atoms with E-state index in [0.29, 0.717) is 45.1 Å². The number of amides is 1. The number of para-hydroxylation sites is 1. The van der Waals surface area contributed by atoms with Gasteiger partial charge >= 0.3 is 0 Å². The van der Waals surface area contributed by atoms with Crippen molar-refractivity contribution in [3.63, 3.8) is 0 Å². The highest BCUT2D eigenvalue weighted by atomic mass is 32.2. The summed E-state index contributed by atoms with van der Waals surface area (Å²) in [4.78, 5) is 20.7. The van der Waals surface area contributed by atoms with Crippen LogP contribution in [0.5, 0.6) is 5.75 Å². The summed E-state index contributed by atoms with van der Waals surface area (Å²) in [5.74, 6) is 1.13. The third kappa shape index (κ3) is 9.55. The number of benzene rings is 2. The number of aromatic nitrogens is 1. The molecule has 1 saturated heterocycles. The van der Waals surface area contributed by atoms with Gasteiger partial charge in [-0.05, 0) is 129 Å². The second kappa shape index (κ2) is 17.9. The number of unbranched alkanes of at least 4 members (excludes halogenated alkanes) is 1. The first kappa shape index (κ1) is 38.7. The van der Waals surface area contributed by atoms with Gasteiger partial charge in [-0.2, -0.15) is 0 Å². The summed E-state index contributed by atoms with van der Waals surface area (Å²) in [5.41, 5.74) is 6.46. The van der Waals surface area contributed by atoms with Gasteiger partial charge in [0.15, 0.2) is 6.10 Å². The summed E-state index contributed by atoms with van der Waals surface area (Å²) in [6.45, 7) is 2.76. The average Bonchev–Trinajstić information content (AvgIpc) is 4.13. The zero-order valence-electron chi connectivity index (χ0n) is 30.1. The second-order valence-electron chi connectivity index (χ2n) is 14.7. The number of rotatable bonds is 19. The van der Waals surface area contributed by atoms with Crippen molar-refractivity contribution in [1.82, 2.24) is 9.88 Å². The number of thioether (sulfide) groups is 1. The summed E-state index contributed by atoms with van der Waals surface area (Å²) in [6.07, 6.45) is 6.28. The molecule has 1 aliphatic heterocycles. The molecule has 6 rings (SSSR count). The minimum atomic E-state index is -1.92. The molecule has 0 unspecified atom stereocenters. The third-order valence-electron chi connectivity index (χ3n) is 10.9. The fourth-order valence-corrected chi connectivity index (χ4v) is 8.25. The maximum atomic E-state index is 13.3. The summed E-state index contributed by atoms with van der Waals surface area (Å²) in [7, 11) is 0. The zero-order chi connectivity index (χ0) is 36.7. The van der Waals surface area contributed by atoms with Crippen LogP contribution < -0.4 is 4.74 Å². The third-order valence-corrected chi connectivity index (χ3v) is 12.0. The Bertz CT molecular complexity index is 1630. The SMILES string of the molecule is Cc1ccc(SCCCCN(C(=O)[C@@H](O)[C@@H](O)[C@H](O)[C@@H](O)CO)C2CCOCC2)cc1CCC1(c2cnccc2-c2ccccc2OC2CC2)CC1. The van der Waals surface area contributed by atoms with Crippen LogP contribution in [0.25, 0.3) is 11.1 Å². The van der Waals surface area contributed by atoms with Gasteiger partial charge in [-0.25, -0.2) is 0 Å². The molecule has 3 aromatic rings. The Morgan fingerprint density at radius 3 is 2.50 bits per heavy atom. The van der Waals surface area contributed by atoms with E-state index in [1.54, 1.807) is 16.7 Å². The average molecular weight is 735 g/mol. The van der Waals surface area contributed by atoms with E-state index in [2.05, 4.69) is 60.6 Å². The smallest absolute Gasteiger partial charge is 0.254 e. The van der Waals surface area contributed by atoms with Gasteiger partial charge < -0.3 is 39.9 Å². The highest BCUT2D eigenvalue weighted by Crippen LogP contribution is 2.55. The number of aliphatic hydroxyl groups excluding tert-OH is 5. The molecule has 2 aromatic carbocycles. The Balaban J connectivity index is 1.04. The lowest BCUT2D eigenvalue weighted by atomic mass is 9.85. The summed E-state index contributed by atoms with van der Waals surface area (Å²) < 4.78 is 11.8. The molecule has 10 nitrogen and oxygen atoms in total. The fourth-order valence-electron chi connectivity index (χ4n) is 7.28. The second-order valence-corrected chi connectivity index (χ2v) is 15.9. The van der Waals surface area contributed by atoms with Crippen molar-refractivity contribution in [2.24, 2.45) is 0 Å². The van der Waals surface area contributed by atoms with Gasteiger partial charge in [-0.15, -0.1) is 11.8 Å². The van der Waals surface area contributed by atoms with Crippen LogP contribution in [0.4, 0.5) is 0 Å². The van der Waals surface area contributed by atoms with Gasteiger partial charge in [0.05, 0.1) is 12.7 Å². The van der Waals surface area contributed by atoms with Crippen LogP contribution in [0.3, 0.4) is 0 Å². The highest BCUT2D eigenvalue weighted by molar-refractivity contribution is 7.99. The molecule has 52 heavy (non-hydrogen) atoms. The van der Waals surface area contributed by atoms with Crippen LogP contribution in [0.1, 0.15) is 74.5 Å². The van der Waals surface area contributed by atoms with Crippen molar-refractivity contribution in [1.29, 1.82) is 0 Å². The topological polar surface area (TPSA) is 153 Å². The Kier molecular flexibility index (Phi) is 13.3. The number of pyridine rings is 1. The molecule has 1 aromatic heterocycles. The predicted molar refractivity (Wildman–Crippen MR) is 200 cm³/mol. The van der Waals surface area contributed by atoms with Crippen LogP contribution in [-0.4, -0.2) is 110 Å². The van der Waals surface area contributed by atoms with Crippen molar-refractivity contribution >= 4 is 17.7 Å². The van der Waals surface area contributed by atoms with E-state index >= 15 is 0 Å². The Morgan fingerprint density at radius 1 is 1.00 bits per heavy atom. The molecule has 5 N–H and O–H groups in total. The Hall–Kier alpha value is -3.03. The molecule has 0 bridgehead atoms. The molecule has 0 radical (unpaired) electrons. The quantitative estimate of drug-likeness (QED) is 0.0875. The number of nitrogens with zero attached hydrogens (tertiary/aromatic N) is 2. The van der Waals surface area contributed by atoms with Gasteiger partial charge in [0.25, 0.3) is 5.91 Å². The molecule has 2 saturated carbocycles. The predicted octanol–water partition coefficient (Wildman–Crippen LogP) is 4.58. The summed E-state index contributed by atoms with van der Waals surface area (Å²) in [6, 6.07) is 17.1. The Morgan fingerprint density at radius 2 is 1.77 bits per heavy atom. The molecule has 3 fully saturated rings. The van der Waals surface area contributed by atoms with Crippen molar-refractivity contribution in [3.8, 4) is 16.9 Å². The number of hydrogen-bond acceptors (Lipinski definition) is 10. The number of carbonyl (C=O) groups excluding carboxylic acids is 1. The van der Waals surface area contributed by atoms with E-state index in [9.17, 15) is 25.2 Å². The van der Waals surface area contributed by atoms with E-state index in [1.807, 2.05) is 12.3 Å². The number of carbonyl (C=O) groups is 1. The van der Waals surface area contributed by atoms with Crippen LogP contribution in [0.15, 0.2) is 65.8 Å². The molecule has 4 atom stereocenters. The molecule has 1 amide bonds. The van der Waals surface area contributed by atoms with Gasteiger partial charge in [-0.1, -0.05) is 24.3 Å². The van der Waals surface area contributed by atoms with Crippen molar-refractivity contribution < 1.29 is 39.8 Å². The largest absolute Gasteiger partial charge is 0.490 e. The first-order valence-electron chi connectivity index (χ1n) is 18.8. The number of hydrogen-bond donors (Lipinski definition) is 5. The zero-order valence-corrected chi connectivity index (χ0v) is 30.9. The molecular formula is C41H54N2O8S. The van der Waals surface area contributed by atoms with Crippen LogP contribution in [-0.2, 0) is 21.4 Å². The van der Waals surface area contributed by atoms with E-state index in [0.717, 1.165) is 62.0 Å². The standard InChI is InChI=1S/C41H54N2O8S/c1-27-8-11-31(52-23-5-4-20-43(29-14-21-50-22-15-29)40(49)39(48)38(47)37(46)35(45)26-44)24-28(27)12-16-41(17-18-41)34-25-42-19-13-32(34)33-6-2-3-7-36(33)51-30-9-10-30/h2-3,6-8,11,13,19,24-25,29-30,35,37-39,44-48H,4-5,9-10,12,14-18,20-23,26H2,1H3/t35-,37+,38-,39-/m0/s1. The van der Waals surface area contributed by atoms with Gasteiger partial charge in [-0.3, -0.25) is 9.78 Å². The molecule has 0 spiro atoms. The summed E-state index contributed by atoms with van der Waals surface area (Å²) in [5, 5.41) is 49.9. The fraction of sp³-hybridized carbons (Fsp3) is 0.561. The normalized spacial score (nSPS) is 19.4. The van der Waals surface area contributed by atoms with Crippen molar-refractivity contribution in [2.45, 2.75) is 118 Å². The molecule has 11 heteroatoms. The molecular weight excluding hydrogens is 681 g/mol. The first-order chi connectivity index (χ1) is 25.2. The van der Waals surface area contributed by atoms with Crippen molar-refractivity contribution in [3.05, 3.63) is 77.6 Å². The molecule has 3 aliphatic rings. The number of ether oxygens (including phenoxy) is 2. The van der Waals surface area contributed by atoms with E-state index < -0.39 is 36.9 Å². The monoisotopic (exact) mass is 734 g/mol.